The maximum Gasteiger partial charge on any atom is 0.322 e. The molecule has 0 saturated carbocycles. The zero-order valence-corrected chi connectivity index (χ0v) is 14.9. The van der Waals surface area contributed by atoms with Crippen molar-refractivity contribution in [3.63, 3.8) is 0 Å². The van der Waals surface area contributed by atoms with Crippen molar-refractivity contribution in [1.82, 2.24) is 5.32 Å². The topological polar surface area (TPSA) is 69.6 Å². The van der Waals surface area contributed by atoms with Crippen LogP contribution in [-0.4, -0.2) is 29.2 Å². The van der Waals surface area contributed by atoms with Gasteiger partial charge in [-0.3, -0.25) is 9.69 Å². The second kappa shape index (κ2) is 8.04. The molecule has 2 unspecified atom stereocenters. The molecule has 2 aromatic carbocycles. The van der Waals surface area contributed by atoms with Gasteiger partial charge in [0.05, 0.1) is 0 Å². The molecule has 0 aliphatic carbocycles. The molecule has 2 amide bonds. The number of carboxylic acids is 1. The highest BCUT2D eigenvalue weighted by molar-refractivity contribution is 5.95. The molecule has 2 atom stereocenters. The third-order valence-corrected chi connectivity index (χ3v) is 4.79. The summed E-state index contributed by atoms with van der Waals surface area (Å²) in [5.41, 5.74) is 3.19. The number of hydrogen-bond acceptors (Lipinski definition) is 2. The highest BCUT2D eigenvalue weighted by Gasteiger charge is 2.31. The molecule has 0 bridgehead atoms. The van der Waals surface area contributed by atoms with Crippen LogP contribution in [0, 0.1) is 0 Å². The molecule has 0 fully saturated rings. The third-order valence-electron chi connectivity index (χ3n) is 4.79. The number of nitrogens with zero attached hydrogens (tertiary/aromatic N) is 1. The quantitative estimate of drug-likeness (QED) is 0.834. The van der Waals surface area contributed by atoms with Crippen LogP contribution in [-0.2, 0) is 17.6 Å². The Balaban J connectivity index is 1.73. The van der Waals surface area contributed by atoms with Crippen LogP contribution in [0.15, 0.2) is 54.6 Å². The van der Waals surface area contributed by atoms with Gasteiger partial charge < -0.3 is 10.4 Å². The number of nitrogens with one attached hydrogen (secondary N) is 1. The Morgan fingerprint density at radius 3 is 2.58 bits per heavy atom. The van der Waals surface area contributed by atoms with E-state index >= 15 is 0 Å². The summed E-state index contributed by atoms with van der Waals surface area (Å²) in [6.45, 7) is 2.03. The van der Waals surface area contributed by atoms with E-state index in [2.05, 4.69) is 5.32 Å². The third kappa shape index (κ3) is 4.23. The average Bonchev–Trinajstić information content (AvgIpc) is 2.96. The molecule has 0 spiro atoms. The monoisotopic (exact) mass is 352 g/mol. The van der Waals surface area contributed by atoms with Crippen molar-refractivity contribution >= 4 is 17.7 Å². The van der Waals surface area contributed by atoms with Crippen molar-refractivity contribution in [2.45, 2.75) is 44.7 Å². The van der Waals surface area contributed by atoms with Crippen molar-refractivity contribution in [2.75, 3.05) is 4.90 Å². The summed E-state index contributed by atoms with van der Waals surface area (Å²) in [7, 11) is 0. The van der Waals surface area contributed by atoms with Gasteiger partial charge in [-0.25, -0.2) is 4.79 Å². The molecule has 1 heterocycles. The predicted octanol–water partition coefficient (Wildman–Crippen LogP) is 3.62. The van der Waals surface area contributed by atoms with Crippen LogP contribution in [0.1, 0.15) is 30.9 Å². The number of benzene rings is 2. The number of carboxylic acid groups (broad SMARTS) is 1. The first-order valence-corrected chi connectivity index (χ1v) is 8.98. The SMILES string of the molecule is CC1Cc2ccccc2N1C(=O)NC(CCC(=O)O)Cc1ccccc1. The Hall–Kier alpha value is -2.82. The van der Waals surface area contributed by atoms with Gasteiger partial charge in [0.1, 0.15) is 0 Å². The van der Waals surface area contributed by atoms with Gasteiger partial charge in [-0.15, -0.1) is 0 Å². The molecule has 5 nitrogen and oxygen atoms in total. The normalized spacial score (nSPS) is 16.8. The van der Waals surface area contributed by atoms with E-state index in [0.29, 0.717) is 12.8 Å². The minimum atomic E-state index is -0.850. The lowest BCUT2D eigenvalue weighted by molar-refractivity contribution is -0.137. The molecule has 0 saturated heterocycles. The minimum Gasteiger partial charge on any atom is -0.481 e. The van der Waals surface area contributed by atoms with Crippen molar-refractivity contribution < 1.29 is 14.7 Å². The van der Waals surface area contributed by atoms with Crippen molar-refractivity contribution in [3.8, 4) is 0 Å². The number of urea groups is 1. The smallest absolute Gasteiger partial charge is 0.322 e. The molecule has 136 valence electrons. The summed E-state index contributed by atoms with van der Waals surface area (Å²) in [5, 5.41) is 12.1. The number of fused-ring (bicyclic) bond motifs is 1. The molecule has 2 N–H and O–H groups in total. The van der Waals surface area contributed by atoms with Crippen LogP contribution < -0.4 is 10.2 Å². The fourth-order valence-electron chi connectivity index (χ4n) is 3.54. The number of amides is 2. The molecule has 26 heavy (non-hydrogen) atoms. The predicted molar refractivity (Wildman–Crippen MR) is 101 cm³/mol. The lowest BCUT2D eigenvalue weighted by Gasteiger charge is -2.27. The van der Waals surface area contributed by atoms with Crippen LogP contribution in [0.4, 0.5) is 10.5 Å². The van der Waals surface area contributed by atoms with E-state index in [1.807, 2.05) is 61.5 Å². The van der Waals surface area contributed by atoms with Gasteiger partial charge >= 0.3 is 12.0 Å². The average molecular weight is 352 g/mol. The Labute approximate surface area is 153 Å². The van der Waals surface area contributed by atoms with Crippen LogP contribution in [0.5, 0.6) is 0 Å². The molecular weight excluding hydrogens is 328 g/mol. The number of anilines is 1. The summed E-state index contributed by atoms with van der Waals surface area (Å²) in [5.74, 6) is -0.850. The fraction of sp³-hybridized carbons (Fsp3) is 0.333. The first-order chi connectivity index (χ1) is 12.5. The van der Waals surface area contributed by atoms with Crippen LogP contribution in [0.2, 0.25) is 0 Å². The fourth-order valence-corrected chi connectivity index (χ4v) is 3.54. The van der Waals surface area contributed by atoms with E-state index in [0.717, 1.165) is 17.7 Å². The molecule has 5 heteroatoms. The molecule has 2 aromatic rings. The number of aliphatic carboxylic acids is 1. The highest BCUT2D eigenvalue weighted by Crippen LogP contribution is 2.31. The van der Waals surface area contributed by atoms with E-state index in [4.69, 9.17) is 5.11 Å². The molecule has 0 radical (unpaired) electrons. The minimum absolute atomic E-state index is 0.0317. The Bertz CT molecular complexity index is 776. The van der Waals surface area contributed by atoms with Gasteiger partial charge in [-0.1, -0.05) is 48.5 Å². The Morgan fingerprint density at radius 2 is 1.85 bits per heavy atom. The lowest BCUT2D eigenvalue weighted by atomic mass is 10.0. The zero-order chi connectivity index (χ0) is 18.5. The van der Waals surface area contributed by atoms with Crippen LogP contribution in [0.25, 0.3) is 0 Å². The van der Waals surface area contributed by atoms with Gasteiger partial charge in [-0.05, 0) is 43.4 Å². The second-order valence-electron chi connectivity index (χ2n) is 6.82. The summed E-state index contributed by atoms with van der Waals surface area (Å²) in [4.78, 5) is 25.7. The number of para-hydroxylation sites is 1. The van der Waals surface area contributed by atoms with Gasteiger partial charge in [0.25, 0.3) is 0 Å². The molecule has 1 aliphatic heterocycles. The second-order valence-corrected chi connectivity index (χ2v) is 6.82. The van der Waals surface area contributed by atoms with Gasteiger partial charge in [0.15, 0.2) is 0 Å². The van der Waals surface area contributed by atoms with Crippen molar-refractivity contribution in [1.29, 1.82) is 0 Å². The standard InChI is InChI=1S/C21H24N2O3/c1-15-13-17-9-5-6-10-19(17)23(15)21(26)22-18(11-12-20(24)25)14-16-7-3-2-4-8-16/h2-10,15,18H,11-14H2,1H3,(H,22,26)(H,24,25). The highest BCUT2D eigenvalue weighted by atomic mass is 16.4. The molecule has 1 aliphatic rings. The van der Waals surface area contributed by atoms with Crippen molar-refractivity contribution in [2.24, 2.45) is 0 Å². The van der Waals surface area contributed by atoms with E-state index in [-0.39, 0.29) is 24.5 Å². The summed E-state index contributed by atoms with van der Waals surface area (Å²) in [6.07, 6.45) is 1.88. The van der Waals surface area contributed by atoms with E-state index in [1.165, 1.54) is 5.56 Å². The number of carbonyl (C=O) groups excluding carboxylic acids is 1. The Kier molecular flexibility index (Phi) is 5.56. The van der Waals surface area contributed by atoms with E-state index in [9.17, 15) is 9.59 Å². The lowest BCUT2D eigenvalue weighted by Crippen LogP contribution is -2.48. The Morgan fingerprint density at radius 1 is 1.15 bits per heavy atom. The first kappa shape index (κ1) is 18.0. The van der Waals surface area contributed by atoms with E-state index in [1.54, 1.807) is 4.90 Å². The summed E-state index contributed by atoms with van der Waals surface area (Å²) >= 11 is 0. The summed E-state index contributed by atoms with van der Waals surface area (Å²) in [6, 6.07) is 17.5. The zero-order valence-electron chi connectivity index (χ0n) is 14.9. The van der Waals surface area contributed by atoms with Gasteiger partial charge in [0.2, 0.25) is 0 Å². The van der Waals surface area contributed by atoms with Crippen LogP contribution >= 0.6 is 0 Å². The first-order valence-electron chi connectivity index (χ1n) is 8.98. The van der Waals surface area contributed by atoms with E-state index < -0.39 is 5.97 Å². The summed E-state index contributed by atoms with van der Waals surface area (Å²) < 4.78 is 0. The maximum absolute atomic E-state index is 12.9. The van der Waals surface area contributed by atoms with Crippen LogP contribution in [0.3, 0.4) is 0 Å². The number of carbonyl (C=O) groups is 2. The molecule has 0 aromatic heterocycles. The maximum atomic E-state index is 12.9. The largest absolute Gasteiger partial charge is 0.481 e. The number of hydrogen-bond donors (Lipinski definition) is 2. The van der Waals surface area contributed by atoms with Crippen molar-refractivity contribution in [3.05, 3.63) is 65.7 Å². The number of rotatable bonds is 6. The molecular formula is C21H24N2O3. The molecule has 3 rings (SSSR count). The van der Waals surface area contributed by atoms with Gasteiger partial charge in [0, 0.05) is 24.2 Å². The van der Waals surface area contributed by atoms with Gasteiger partial charge in [-0.2, -0.15) is 0 Å².